The Morgan fingerprint density at radius 1 is 1.17 bits per heavy atom. The van der Waals surface area contributed by atoms with Crippen molar-refractivity contribution in [2.24, 2.45) is 0 Å². The predicted molar refractivity (Wildman–Crippen MR) is 73.0 cm³/mol. The van der Waals surface area contributed by atoms with Gasteiger partial charge in [0.1, 0.15) is 12.1 Å². The zero-order chi connectivity index (χ0) is 12.4. The number of fused-ring (bicyclic) bond motifs is 1. The summed E-state index contributed by atoms with van der Waals surface area (Å²) in [5.74, 6) is 1.22. The molecule has 1 aromatic heterocycles. The van der Waals surface area contributed by atoms with E-state index in [1.54, 1.807) is 6.33 Å². The van der Waals surface area contributed by atoms with Crippen LogP contribution in [0.2, 0.25) is 0 Å². The number of nitrogens with zero attached hydrogens (tertiary/aromatic N) is 3. The molecule has 4 nitrogen and oxygen atoms in total. The SMILES string of the molecule is CNC1CCN(c2ncnc3c2CCCC3)CC1. The molecule has 98 valence electrons. The van der Waals surface area contributed by atoms with Gasteiger partial charge in [-0.1, -0.05) is 0 Å². The molecule has 18 heavy (non-hydrogen) atoms. The van der Waals surface area contributed by atoms with E-state index in [-0.39, 0.29) is 0 Å². The second-order valence-corrected chi connectivity index (χ2v) is 5.38. The number of piperidine rings is 1. The molecule has 0 radical (unpaired) electrons. The topological polar surface area (TPSA) is 41.0 Å². The average molecular weight is 246 g/mol. The van der Waals surface area contributed by atoms with E-state index in [4.69, 9.17) is 0 Å². The Balaban J connectivity index is 1.80. The highest BCUT2D eigenvalue weighted by Gasteiger charge is 2.23. The molecule has 1 N–H and O–H groups in total. The quantitative estimate of drug-likeness (QED) is 0.859. The van der Waals surface area contributed by atoms with E-state index in [0.29, 0.717) is 6.04 Å². The standard InChI is InChI=1S/C14H22N4/c1-15-11-6-8-18(9-7-11)14-12-4-2-3-5-13(12)16-10-17-14/h10-11,15H,2-9H2,1H3. The third kappa shape index (κ3) is 2.21. The highest BCUT2D eigenvalue weighted by molar-refractivity contribution is 5.49. The highest BCUT2D eigenvalue weighted by Crippen LogP contribution is 2.28. The molecule has 1 aliphatic carbocycles. The molecule has 1 aliphatic heterocycles. The monoisotopic (exact) mass is 246 g/mol. The molecular formula is C14H22N4. The summed E-state index contributed by atoms with van der Waals surface area (Å²) < 4.78 is 0. The summed E-state index contributed by atoms with van der Waals surface area (Å²) in [6.45, 7) is 2.24. The predicted octanol–water partition coefficient (Wildman–Crippen LogP) is 1.54. The molecule has 0 atom stereocenters. The van der Waals surface area contributed by atoms with Crippen molar-refractivity contribution < 1.29 is 0 Å². The van der Waals surface area contributed by atoms with Crippen LogP contribution >= 0.6 is 0 Å². The van der Waals surface area contributed by atoms with Gasteiger partial charge in [-0.25, -0.2) is 9.97 Å². The third-order valence-corrected chi connectivity index (χ3v) is 4.30. The van der Waals surface area contributed by atoms with Crippen LogP contribution in [-0.4, -0.2) is 36.1 Å². The van der Waals surface area contributed by atoms with Crippen molar-refractivity contribution in [2.75, 3.05) is 25.0 Å². The molecule has 0 unspecified atom stereocenters. The first kappa shape index (κ1) is 11.9. The molecule has 1 saturated heterocycles. The van der Waals surface area contributed by atoms with Crippen LogP contribution in [0.4, 0.5) is 5.82 Å². The highest BCUT2D eigenvalue weighted by atomic mass is 15.2. The van der Waals surface area contributed by atoms with Gasteiger partial charge in [-0.05, 0) is 45.6 Å². The molecule has 0 bridgehead atoms. The van der Waals surface area contributed by atoms with E-state index < -0.39 is 0 Å². The molecule has 1 fully saturated rings. The number of rotatable bonds is 2. The number of anilines is 1. The molecule has 2 aliphatic rings. The number of aromatic nitrogens is 2. The Morgan fingerprint density at radius 3 is 2.72 bits per heavy atom. The third-order valence-electron chi connectivity index (χ3n) is 4.30. The second-order valence-electron chi connectivity index (χ2n) is 5.38. The first-order valence-corrected chi connectivity index (χ1v) is 7.13. The number of aryl methyl sites for hydroxylation is 1. The zero-order valence-electron chi connectivity index (χ0n) is 11.2. The van der Waals surface area contributed by atoms with Crippen LogP contribution in [0, 0.1) is 0 Å². The zero-order valence-corrected chi connectivity index (χ0v) is 11.2. The van der Waals surface area contributed by atoms with Crippen LogP contribution < -0.4 is 10.2 Å². The second kappa shape index (κ2) is 5.22. The van der Waals surface area contributed by atoms with E-state index in [9.17, 15) is 0 Å². The summed E-state index contributed by atoms with van der Waals surface area (Å²) in [6, 6.07) is 0.680. The van der Waals surface area contributed by atoms with Gasteiger partial charge in [0.25, 0.3) is 0 Å². The van der Waals surface area contributed by atoms with Gasteiger partial charge in [0.05, 0.1) is 0 Å². The molecule has 0 amide bonds. The van der Waals surface area contributed by atoms with Gasteiger partial charge in [0.2, 0.25) is 0 Å². The lowest BCUT2D eigenvalue weighted by atomic mass is 9.95. The molecule has 1 aromatic rings. The molecule has 0 aromatic carbocycles. The van der Waals surface area contributed by atoms with Gasteiger partial charge >= 0.3 is 0 Å². The first-order chi connectivity index (χ1) is 8.88. The van der Waals surface area contributed by atoms with E-state index >= 15 is 0 Å². The Kier molecular flexibility index (Phi) is 3.46. The van der Waals surface area contributed by atoms with Gasteiger partial charge in [-0.15, -0.1) is 0 Å². The lowest BCUT2D eigenvalue weighted by Gasteiger charge is -2.34. The molecule has 0 spiro atoms. The maximum atomic E-state index is 4.56. The molecular weight excluding hydrogens is 224 g/mol. The minimum atomic E-state index is 0.680. The Labute approximate surface area is 109 Å². The maximum absolute atomic E-state index is 4.56. The van der Waals surface area contributed by atoms with Crippen molar-refractivity contribution in [2.45, 2.75) is 44.6 Å². The van der Waals surface area contributed by atoms with Crippen molar-refractivity contribution in [3.8, 4) is 0 Å². The van der Waals surface area contributed by atoms with Crippen molar-refractivity contribution >= 4 is 5.82 Å². The lowest BCUT2D eigenvalue weighted by Crippen LogP contribution is -2.42. The largest absolute Gasteiger partial charge is 0.356 e. The summed E-state index contributed by atoms with van der Waals surface area (Å²) >= 11 is 0. The minimum Gasteiger partial charge on any atom is -0.356 e. The lowest BCUT2D eigenvalue weighted by molar-refractivity contribution is 0.439. The molecule has 3 rings (SSSR count). The summed E-state index contributed by atoms with van der Waals surface area (Å²) in [4.78, 5) is 11.5. The summed E-state index contributed by atoms with van der Waals surface area (Å²) in [7, 11) is 2.06. The van der Waals surface area contributed by atoms with Gasteiger partial charge in [-0.2, -0.15) is 0 Å². The Bertz CT molecular complexity index is 410. The Morgan fingerprint density at radius 2 is 1.94 bits per heavy atom. The van der Waals surface area contributed by atoms with Gasteiger partial charge in [0, 0.05) is 30.4 Å². The van der Waals surface area contributed by atoms with Crippen molar-refractivity contribution in [1.82, 2.24) is 15.3 Å². The van der Waals surface area contributed by atoms with Gasteiger partial charge in [-0.3, -0.25) is 0 Å². The summed E-state index contributed by atoms with van der Waals surface area (Å²) in [6.07, 6.45) is 9.06. The van der Waals surface area contributed by atoms with E-state index in [1.165, 1.54) is 42.8 Å². The number of hydrogen-bond acceptors (Lipinski definition) is 4. The normalized spacial score (nSPS) is 20.8. The van der Waals surface area contributed by atoms with Crippen LogP contribution in [0.1, 0.15) is 36.9 Å². The van der Waals surface area contributed by atoms with Crippen molar-refractivity contribution in [3.05, 3.63) is 17.6 Å². The summed E-state index contributed by atoms with van der Waals surface area (Å²) in [5, 5.41) is 3.38. The number of hydrogen-bond donors (Lipinski definition) is 1. The first-order valence-electron chi connectivity index (χ1n) is 7.13. The Hall–Kier alpha value is -1.16. The van der Waals surface area contributed by atoms with Gasteiger partial charge in [0.15, 0.2) is 0 Å². The molecule has 4 heteroatoms. The number of nitrogens with one attached hydrogen (secondary N) is 1. The van der Waals surface area contributed by atoms with Crippen LogP contribution in [0.25, 0.3) is 0 Å². The average Bonchev–Trinajstić information content (AvgIpc) is 2.47. The molecule has 2 heterocycles. The minimum absolute atomic E-state index is 0.680. The van der Waals surface area contributed by atoms with Crippen LogP contribution in [0.5, 0.6) is 0 Å². The fourth-order valence-electron chi connectivity index (χ4n) is 3.16. The van der Waals surface area contributed by atoms with Crippen molar-refractivity contribution in [1.29, 1.82) is 0 Å². The van der Waals surface area contributed by atoms with E-state index in [0.717, 1.165) is 25.9 Å². The van der Waals surface area contributed by atoms with Crippen LogP contribution in [0.15, 0.2) is 6.33 Å². The van der Waals surface area contributed by atoms with Crippen molar-refractivity contribution in [3.63, 3.8) is 0 Å². The maximum Gasteiger partial charge on any atom is 0.135 e. The van der Waals surface area contributed by atoms with Gasteiger partial charge < -0.3 is 10.2 Å². The fourth-order valence-corrected chi connectivity index (χ4v) is 3.16. The molecule has 0 saturated carbocycles. The van der Waals surface area contributed by atoms with E-state index in [1.807, 2.05) is 0 Å². The summed E-state index contributed by atoms with van der Waals surface area (Å²) in [5.41, 5.74) is 2.72. The van der Waals surface area contributed by atoms with E-state index in [2.05, 4.69) is 27.2 Å². The van der Waals surface area contributed by atoms with Crippen LogP contribution in [-0.2, 0) is 12.8 Å². The fraction of sp³-hybridized carbons (Fsp3) is 0.714. The smallest absolute Gasteiger partial charge is 0.135 e. The van der Waals surface area contributed by atoms with Crippen LogP contribution in [0.3, 0.4) is 0 Å².